The molecule has 1 aliphatic heterocycles. The smallest absolute Gasteiger partial charge is 0.219 e. The number of rotatable bonds is 6. The Bertz CT molecular complexity index is 937. The topological polar surface area (TPSA) is 72.5 Å². The predicted octanol–water partition coefficient (Wildman–Crippen LogP) is 2.67. The van der Waals surface area contributed by atoms with E-state index in [9.17, 15) is 0 Å². The van der Waals surface area contributed by atoms with Crippen molar-refractivity contribution < 1.29 is 4.74 Å². The van der Waals surface area contributed by atoms with Gasteiger partial charge in [-0.1, -0.05) is 13.8 Å². The van der Waals surface area contributed by atoms with Crippen molar-refractivity contribution in [1.82, 2.24) is 29.3 Å². The second-order valence-corrected chi connectivity index (χ2v) is 7.89. The number of nitrogens with zero attached hydrogens (tertiary/aromatic N) is 6. The van der Waals surface area contributed by atoms with Gasteiger partial charge in [0.2, 0.25) is 5.88 Å². The van der Waals surface area contributed by atoms with Gasteiger partial charge in [-0.05, 0) is 31.9 Å². The van der Waals surface area contributed by atoms with Crippen LogP contribution in [0.4, 0.5) is 5.82 Å². The van der Waals surface area contributed by atoms with Gasteiger partial charge in [-0.3, -0.25) is 4.68 Å². The number of hydrogen-bond donors (Lipinski definition) is 1. The first kappa shape index (κ1) is 18.7. The summed E-state index contributed by atoms with van der Waals surface area (Å²) in [6.45, 7) is 7.09. The zero-order valence-electron chi connectivity index (χ0n) is 17.1. The van der Waals surface area contributed by atoms with Gasteiger partial charge in [0.25, 0.3) is 0 Å². The van der Waals surface area contributed by atoms with Crippen LogP contribution in [0.1, 0.15) is 43.9 Å². The number of hydrogen-bond acceptors (Lipinski definition) is 6. The van der Waals surface area contributed by atoms with Gasteiger partial charge in [-0.25, -0.2) is 0 Å². The molecule has 1 saturated heterocycles. The van der Waals surface area contributed by atoms with E-state index in [4.69, 9.17) is 9.72 Å². The molecule has 1 N–H and O–H groups in total. The quantitative estimate of drug-likeness (QED) is 0.706. The van der Waals surface area contributed by atoms with E-state index < -0.39 is 0 Å². The van der Waals surface area contributed by atoms with Crippen molar-refractivity contribution in [3.05, 3.63) is 35.8 Å². The molecule has 28 heavy (non-hydrogen) atoms. The van der Waals surface area contributed by atoms with E-state index >= 15 is 0 Å². The summed E-state index contributed by atoms with van der Waals surface area (Å²) in [5.74, 6) is 1.88. The minimum Gasteiger partial charge on any atom is -0.474 e. The second kappa shape index (κ2) is 7.79. The van der Waals surface area contributed by atoms with Crippen LogP contribution in [0, 0.1) is 0 Å². The SMILES string of the molecule is CC(C)c1cnn2c(NCc3ccnn3C)cc(OC3CCN(C)CC3)nc12. The fourth-order valence-electron chi connectivity index (χ4n) is 3.58. The van der Waals surface area contributed by atoms with E-state index in [0.717, 1.165) is 48.7 Å². The molecule has 3 aromatic rings. The lowest BCUT2D eigenvalue weighted by Crippen LogP contribution is -2.35. The van der Waals surface area contributed by atoms with Crippen LogP contribution in [-0.4, -0.2) is 55.5 Å². The molecular formula is C20H29N7O. The van der Waals surface area contributed by atoms with Gasteiger partial charge < -0.3 is 15.0 Å². The molecule has 150 valence electrons. The first-order valence-corrected chi connectivity index (χ1v) is 9.96. The van der Waals surface area contributed by atoms with Crippen molar-refractivity contribution in [3.8, 4) is 5.88 Å². The highest BCUT2D eigenvalue weighted by molar-refractivity contribution is 5.56. The maximum atomic E-state index is 6.28. The molecule has 0 radical (unpaired) electrons. The summed E-state index contributed by atoms with van der Waals surface area (Å²) >= 11 is 0. The highest BCUT2D eigenvalue weighted by atomic mass is 16.5. The van der Waals surface area contributed by atoms with Gasteiger partial charge in [0, 0.05) is 38.0 Å². The van der Waals surface area contributed by atoms with Crippen LogP contribution in [0.2, 0.25) is 0 Å². The average molecular weight is 384 g/mol. The molecule has 4 rings (SSSR count). The molecule has 1 fully saturated rings. The highest BCUT2D eigenvalue weighted by Crippen LogP contribution is 2.26. The Morgan fingerprint density at radius 3 is 2.68 bits per heavy atom. The van der Waals surface area contributed by atoms with Gasteiger partial charge in [0.05, 0.1) is 18.4 Å². The number of aromatic nitrogens is 5. The Labute approximate surface area is 165 Å². The molecule has 0 spiro atoms. The van der Waals surface area contributed by atoms with E-state index in [0.29, 0.717) is 18.3 Å². The molecule has 4 heterocycles. The van der Waals surface area contributed by atoms with E-state index in [-0.39, 0.29) is 6.10 Å². The van der Waals surface area contributed by atoms with Crippen LogP contribution in [-0.2, 0) is 13.6 Å². The van der Waals surface area contributed by atoms with Crippen molar-refractivity contribution in [1.29, 1.82) is 0 Å². The summed E-state index contributed by atoms with van der Waals surface area (Å²) < 4.78 is 10.0. The number of piperidine rings is 1. The summed E-state index contributed by atoms with van der Waals surface area (Å²) in [5, 5.41) is 12.3. The van der Waals surface area contributed by atoms with Crippen LogP contribution < -0.4 is 10.1 Å². The predicted molar refractivity (Wildman–Crippen MR) is 109 cm³/mol. The van der Waals surface area contributed by atoms with Crippen LogP contribution in [0.3, 0.4) is 0 Å². The van der Waals surface area contributed by atoms with Crippen molar-refractivity contribution in [2.24, 2.45) is 7.05 Å². The molecular weight excluding hydrogens is 354 g/mol. The molecule has 0 amide bonds. The number of likely N-dealkylation sites (tertiary alicyclic amines) is 1. The molecule has 0 bridgehead atoms. The maximum Gasteiger partial charge on any atom is 0.219 e. The average Bonchev–Trinajstić information content (AvgIpc) is 3.28. The fraction of sp³-hybridized carbons (Fsp3) is 0.550. The molecule has 1 aliphatic rings. The molecule has 0 aromatic carbocycles. The van der Waals surface area contributed by atoms with Crippen molar-refractivity contribution in [3.63, 3.8) is 0 Å². The summed E-state index contributed by atoms with van der Waals surface area (Å²) in [4.78, 5) is 7.14. The van der Waals surface area contributed by atoms with Crippen LogP contribution in [0.25, 0.3) is 5.65 Å². The summed E-state index contributed by atoms with van der Waals surface area (Å²) in [6, 6.07) is 3.96. The molecule has 0 saturated carbocycles. The molecule has 0 unspecified atom stereocenters. The Balaban J connectivity index is 1.63. The van der Waals surface area contributed by atoms with Gasteiger partial charge in [-0.15, -0.1) is 0 Å². The minimum atomic E-state index is 0.210. The largest absolute Gasteiger partial charge is 0.474 e. The van der Waals surface area contributed by atoms with Gasteiger partial charge in [0.15, 0.2) is 5.65 Å². The van der Waals surface area contributed by atoms with E-state index in [2.05, 4.69) is 41.3 Å². The first-order chi connectivity index (χ1) is 13.5. The van der Waals surface area contributed by atoms with Crippen LogP contribution in [0.5, 0.6) is 5.88 Å². The molecule has 8 nitrogen and oxygen atoms in total. The first-order valence-electron chi connectivity index (χ1n) is 9.96. The third kappa shape index (κ3) is 3.82. The molecule has 8 heteroatoms. The molecule has 0 aliphatic carbocycles. The number of aryl methyl sites for hydroxylation is 1. The third-order valence-electron chi connectivity index (χ3n) is 5.42. The second-order valence-electron chi connectivity index (χ2n) is 7.89. The van der Waals surface area contributed by atoms with E-state index in [1.807, 2.05) is 34.6 Å². The number of anilines is 1. The lowest BCUT2D eigenvalue weighted by Gasteiger charge is -2.29. The zero-order chi connectivity index (χ0) is 19.7. The fourth-order valence-corrected chi connectivity index (χ4v) is 3.58. The summed E-state index contributed by atoms with van der Waals surface area (Å²) in [6.07, 6.45) is 5.97. The Morgan fingerprint density at radius 2 is 2.00 bits per heavy atom. The lowest BCUT2D eigenvalue weighted by molar-refractivity contribution is 0.110. The summed E-state index contributed by atoms with van der Waals surface area (Å²) in [7, 11) is 4.10. The Kier molecular flexibility index (Phi) is 5.21. The van der Waals surface area contributed by atoms with Gasteiger partial charge in [0.1, 0.15) is 11.9 Å². The van der Waals surface area contributed by atoms with Crippen molar-refractivity contribution >= 4 is 11.5 Å². The van der Waals surface area contributed by atoms with Gasteiger partial charge >= 0.3 is 0 Å². The monoisotopic (exact) mass is 383 g/mol. The maximum absolute atomic E-state index is 6.28. The third-order valence-corrected chi connectivity index (χ3v) is 5.42. The highest BCUT2D eigenvalue weighted by Gasteiger charge is 2.20. The lowest BCUT2D eigenvalue weighted by atomic mass is 10.1. The number of nitrogens with one attached hydrogen (secondary N) is 1. The standard InChI is InChI=1S/C20H29N7O/c1-14(2)17-13-23-27-18(21-12-15-5-8-22-26(15)4)11-19(24-20(17)27)28-16-6-9-25(3)10-7-16/h5,8,11,13-14,16,21H,6-7,9-10,12H2,1-4H3. The number of ether oxygens (including phenoxy) is 1. The van der Waals surface area contributed by atoms with E-state index in [1.54, 1.807) is 6.20 Å². The summed E-state index contributed by atoms with van der Waals surface area (Å²) in [5.41, 5.74) is 3.07. The van der Waals surface area contributed by atoms with Crippen molar-refractivity contribution in [2.45, 2.75) is 45.3 Å². The molecule has 3 aromatic heterocycles. The van der Waals surface area contributed by atoms with E-state index in [1.165, 1.54) is 0 Å². The number of fused-ring (bicyclic) bond motifs is 1. The Hall–Kier alpha value is -2.61. The Morgan fingerprint density at radius 1 is 1.21 bits per heavy atom. The minimum absolute atomic E-state index is 0.210. The van der Waals surface area contributed by atoms with Crippen molar-refractivity contribution in [2.75, 3.05) is 25.5 Å². The van der Waals surface area contributed by atoms with Crippen LogP contribution in [0.15, 0.2) is 24.5 Å². The van der Waals surface area contributed by atoms with Crippen LogP contribution >= 0.6 is 0 Å². The molecule has 0 atom stereocenters. The zero-order valence-corrected chi connectivity index (χ0v) is 17.1. The normalized spacial score (nSPS) is 16.2. The van der Waals surface area contributed by atoms with Gasteiger partial charge in [-0.2, -0.15) is 19.7 Å².